The normalized spacial score (nSPS) is 9.40. The van der Waals surface area contributed by atoms with Crippen LogP contribution < -0.4 is 5.32 Å². The highest BCUT2D eigenvalue weighted by atomic mass is 14.8. The molecule has 1 rings (SSSR count). The molecule has 0 aliphatic rings. The average Bonchev–Trinajstić information content (AvgIpc) is 1.95. The Morgan fingerprint density at radius 2 is 1.90 bits per heavy atom. The monoisotopic (exact) mass is 133 g/mol. The number of hydrogen-bond donors (Lipinski definition) is 1. The number of anilines is 1. The van der Waals surface area contributed by atoms with E-state index in [2.05, 4.69) is 24.4 Å². The zero-order valence-electron chi connectivity index (χ0n) is 6.09. The number of hydrogen-bond acceptors (Lipinski definition) is 1. The van der Waals surface area contributed by atoms with E-state index in [1.165, 1.54) is 5.56 Å². The van der Waals surface area contributed by atoms with E-state index in [0.717, 1.165) is 5.69 Å². The van der Waals surface area contributed by atoms with Gasteiger partial charge in [0.1, 0.15) is 0 Å². The van der Waals surface area contributed by atoms with Crippen molar-refractivity contribution >= 4 is 5.69 Å². The standard InChI is InChI=1S/C9H11N/c1-3-10-9-6-4-8(2)5-7-9/h1,4-7,10H,3H2,2H3. The van der Waals surface area contributed by atoms with Gasteiger partial charge in [0, 0.05) is 12.2 Å². The van der Waals surface area contributed by atoms with Crippen LogP contribution in [0.25, 0.3) is 0 Å². The van der Waals surface area contributed by atoms with Crippen molar-refractivity contribution < 1.29 is 0 Å². The van der Waals surface area contributed by atoms with Crippen LogP contribution in [0.15, 0.2) is 24.3 Å². The van der Waals surface area contributed by atoms with Gasteiger partial charge in [0.15, 0.2) is 0 Å². The Kier molecular flexibility index (Phi) is 2.32. The Bertz CT molecular complexity index is 188. The van der Waals surface area contributed by atoms with Crippen LogP contribution >= 0.6 is 0 Å². The molecule has 0 saturated heterocycles. The highest BCUT2D eigenvalue weighted by molar-refractivity contribution is 5.44. The summed E-state index contributed by atoms with van der Waals surface area (Å²) in [4.78, 5) is 0. The maximum atomic E-state index is 5.29. The van der Waals surface area contributed by atoms with Crippen LogP contribution in [-0.4, -0.2) is 6.54 Å². The minimum atomic E-state index is 0.489. The van der Waals surface area contributed by atoms with Gasteiger partial charge in [-0.15, -0.1) is 0 Å². The van der Waals surface area contributed by atoms with Gasteiger partial charge in [-0.1, -0.05) is 17.7 Å². The molecule has 1 N–H and O–H groups in total. The molecule has 0 aliphatic carbocycles. The largest absolute Gasteiger partial charge is 0.385 e. The predicted molar refractivity (Wildman–Crippen MR) is 44.0 cm³/mol. The molecule has 0 amide bonds. The van der Waals surface area contributed by atoms with Crippen molar-refractivity contribution in [2.24, 2.45) is 0 Å². The van der Waals surface area contributed by atoms with Gasteiger partial charge in [0.2, 0.25) is 0 Å². The molecule has 0 saturated carbocycles. The first-order valence-electron chi connectivity index (χ1n) is 3.33. The summed E-state index contributed by atoms with van der Waals surface area (Å²) in [6.07, 6.45) is 0. The third-order valence-electron chi connectivity index (χ3n) is 1.36. The van der Waals surface area contributed by atoms with Crippen molar-refractivity contribution in [1.82, 2.24) is 0 Å². The lowest BCUT2D eigenvalue weighted by Crippen LogP contribution is -1.95. The van der Waals surface area contributed by atoms with E-state index < -0.39 is 0 Å². The van der Waals surface area contributed by atoms with E-state index in [4.69, 9.17) is 6.92 Å². The van der Waals surface area contributed by atoms with Crippen LogP contribution in [0.2, 0.25) is 0 Å². The van der Waals surface area contributed by atoms with Crippen molar-refractivity contribution in [3.8, 4) is 0 Å². The van der Waals surface area contributed by atoms with E-state index in [-0.39, 0.29) is 0 Å². The molecule has 0 heterocycles. The molecule has 52 valence electrons. The van der Waals surface area contributed by atoms with Crippen LogP contribution in [0, 0.1) is 13.8 Å². The maximum Gasteiger partial charge on any atom is 0.0340 e. The topological polar surface area (TPSA) is 12.0 Å². The Hall–Kier alpha value is -0.980. The summed E-state index contributed by atoms with van der Waals surface area (Å²) in [7, 11) is 0. The summed E-state index contributed by atoms with van der Waals surface area (Å²) in [5, 5.41) is 3.01. The maximum absolute atomic E-state index is 5.29. The first kappa shape index (κ1) is 7.13. The fourth-order valence-corrected chi connectivity index (χ4v) is 0.789. The third-order valence-corrected chi connectivity index (χ3v) is 1.36. The Morgan fingerprint density at radius 1 is 1.30 bits per heavy atom. The van der Waals surface area contributed by atoms with Crippen LogP contribution in [0.5, 0.6) is 0 Å². The zero-order valence-corrected chi connectivity index (χ0v) is 6.09. The smallest absolute Gasteiger partial charge is 0.0340 e. The molecule has 2 radical (unpaired) electrons. The molecule has 0 bridgehead atoms. The van der Waals surface area contributed by atoms with Crippen LogP contribution in [0.1, 0.15) is 5.56 Å². The third kappa shape index (κ3) is 1.76. The first-order valence-corrected chi connectivity index (χ1v) is 3.33. The number of nitrogens with one attached hydrogen (secondary N) is 1. The van der Waals surface area contributed by atoms with E-state index in [1.54, 1.807) is 0 Å². The van der Waals surface area contributed by atoms with E-state index >= 15 is 0 Å². The number of benzene rings is 1. The second-order valence-electron chi connectivity index (χ2n) is 2.25. The van der Waals surface area contributed by atoms with Crippen LogP contribution in [0.4, 0.5) is 5.69 Å². The minimum absolute atomic E-state index is 0.489. The fraction of sp³-hybridized carbons (Fsp3) is 0.222. The highest BCUT2D eigenvalue weighted by Crippen LogP contribution is 2.07. The molecule has 1 heteroatoms. The van der Waals surface area contributed by atoms with Crippen molar-refractivity contribution in [2.75, 3.05) is 11.9 Å². The molecule has 0 atom stereocenters. The van der Waals surface area contributed by atoms with Gasteiger partial charge in [-0.25, -0.2) is 0 Å². The summed E-state index contributed by atoms with van der Waals surface area (Å²) in [6, 6.07) is 8.14. The average molecular weight is 133 g/mol. The lowest BCUT2D eigenvalue weighted by molar-refractivity contribution is 1.33. The minimum Gasteiger partial charge on any atom is -0.385 e. The summed E-state index contributed by atoms with van der Waals surface area (Å²) in [5.74, 6) is 0. The van der Waals surface area contributed by atoms with Gasteiger partial charge in [0.25, 0.3) is 0 Å². The Labute approximate surface area is 62.1 Å². The molecule has 0 spiro atoms. The molecule has 0 aromatic heterocycles. The second-order valence-corrected chi connectivity index (χ2v) is 2.25. The second kappa shape index (κ2) is 3.25. The summed E-state index contributed by atoms with van der Waals surface area (Å²) in [6.45, 7) is 7.84. The molecule has 1 nitrogen and oxygen atoms in total. The van der Waals surface area contributed by atoms with Gasteiger partial charge in [-0.2, -0.15) is 0 Å². The first-order chi connectivity index (χ1) is 4.83. The number of rotatable bonds is 2. The summed E-state index contributed by atoms with van der Waals surface area (Å²) in [5.41, 5.74) is 2.34. The van der Waals surface area contributed by atoms with Crippen LogP contribution in [-0.2, 0) is 0 Å². The van der Waals surface area contributed by atoms with E-state index in [0.29, 0.717) is 6.54 Å². The quantitative estimate of drug-likeness (QED) is 0.651. The van der Waals surface area contributed by atoms with Gasteiger partial charge in [0.05, 0.1) is 0 Å². The SMILES string of the molecule is [CH]CNc1ccc(C)cc1. The van der Waals surface area contributed by atoms with Crippen LogP contribution in [0.3, 0.4) is 0 Å². The van der Waals surface area contributed by atoms with Gasteiger partial charge in [-0.3, -0.25) is 0 Å². The lowest BCUT2D eigenvalue weighted by atomic mass is 10.2. The Balaban J connectivity index is 2.69. The molecule has 1 aromatic rings. The van der Waals surface area contributed by atoms with Crippen molar-refractivity contribution in [3.63, 3.8) is 0 Å². The zero-order chi connectivity index (χ0) is 7.40. The summed E-state index contributed by atoms with van der Waals surface area (Å²) < 4.78 is 0. The Morgan fingerprint density at radius 3 is 2.40 bits per heavy atom. The van der Waals surface area contributed by atoms with Gasteiger partial charge < -0.3 is 5.32 Å². The molecule has 0 unspecified atom stereocenters. The van der Waals surface area contributed by atoms with E-state index in [9.17, 15) is 0 Å². The van der Waals surface area contributed by atoms with Crippen molar-refractivity contribution in [1.29, 1.82) is 0 Å². The molecule has 1 aromatic carbocycles. The molecular formula is C9H11N. The summed E-state index contributed by atoms with van der Waals surface area (Å²) >= 11 is 0. The van der Waals surface area contributed by atoms with Crippen molar-refractivity contribution in [2.45, 2.75) is 6.92 Å². The molecule has 0 fully saturated rings. The lowest BCUT2D eigenvalue weighted by Gasteiger charge is -2.01. The fourth-order valence-electron chi connectivity index (χ4n) is 0.789. The van der Waals surface area contributed by atoms with Crippen molar-refractivity contribution in [3.05, 3.63) is 36.8 Å². The van der Waals surface area contributed by atoms with Gasteiger partial charge in [-0.05, 0) is 26.0 Å². The van der Waals surface area contributed by atoms with Gasteiger partial charge >= 0.3 is 0 Å². The predicted octanol–water partition coefficient (Wildman–Crippen LogP) is 2.12. The molecular weight excluding hydrogens is 122 g/mol. The molecule has 10 heavy (non-hydrogen) atoms. The number of aryl methyl sites for hydroxylation is 1. The molecule has 0 aliphatic heterocycles. The highest BCUT2D eigenvalue weighted by Gasteiger charge is 1.86. The van der Waals surface area contributed by atoms with E-state index in [1.807, 2.05) is 12.1 Å².